The summed E-state index contributed by atoms with van der Waals surface area (Å²) in [6.45, 7) is 8.87. The largest absolute Gasteiger partial charge is 0.481 e. The zero-order chi connectivity index (χ0) is 25.8. The molecule has 2 saturated carbocycles. The van der Waals surface area contributed by atoms with Crippen LogP contribution in [0.25, 0.3) is 0 Å². The maximum atomic E-state index is 12.1. The predicted octanol–water partition coefficient (Wildman–Crippen LogP) is 4.71. The fraction of sp³-hybridized carbons (Fsp3) is 0.862. The number of carbonyl (C=O) groups excluding carboxylic acids is 1. The lowest BCUT2D eigenvalue weighted by molar-refractivity contribution is -0.269. The highest BCUT2D eigenvalue weighted by molar-refractivity contribution is 5.67. The first-order chi connectivity index (χ1) is 17.1. The number of carbonyl (C=O) groups is 2. The van der Waals surface area contributed by atoms with Crippen LogP contribution in [0.4, 0.5) is 0 Å². The number of fused-ring (bicyclic) bond motifs is 2. The van der Waals surface area contributed by atoms with Crippen LogP contribution in [0.5, 0.6) is 0 Å². The first-order valence-corrected chi connectivity index (χ1v) is 14.1. The predicted molar refractivity (Wildman–Crippen MR) is 133 cm³/mol. The van der Waals surface area contributed by atoms with Gasteiger partial charge in [0.1, 0.15) is 6.10 Å². The molecule has 5 rings (SSSR count). The number of hydrogen-bond donors (Lipinski definition) is 2. The number of esters is 1. The number of hydrogen-bond acceptors (Lipinski definition) is 6. The van der Waals surface area contributed by atoms with E-state index in [2.05, 4.69) is 20.8 Å². The lowest BCUT2D eigenvalue weighted by atomic mass is 9.50. The Morgan fingerprint density at radius 2 is 1.92 bits per heavy atom. The highest BCUT2D eigenvalue weighted by atomic mass is 16.7. The van der Waals surface area contributed by atoms with Crippen LogP contribution < -0.4 is 0 Å². The number of aliphatic hydroxyl groups excluding tert-OH is 1. The molecule has 36 heavy (non-hydrogen) atoms. The van der Waals surface area contributed by atoms with Crippen LogP contribution in [-0.2, 0) is 23.8 Å². The van der Waals surface area contributed by atoms with Crippen molar-refractivity contribution in [1.82, 2.24) is 0 Å². The number of carboxylic acid groups (broad SMARTS) is 1. The molecule has 4 fully saturated rings. The van der Waals surface area contributed by atoms with E-state index < -0.39 is 11.8 Å². The van der Waals surface area contributed by atoms with Crippen molar-refractivity contribution < 1.29 is 34.0 Å². The minimum atomic E-state index is -0.758. The van der Waals surface area contributed by atoms with Crippen molar-refractivity contribution in [3.8, 4) is 0 Å². The fourth-order valence-corrected chi connectivity index (χ4v) is 8.90. The number of rotatable bonds is 5. The standard InChI is InChI=1S/C29H44O7/c1-16-7-10-29(34-15-16)17(2)27-23(14-30)22(12-25(27)36-29)21-6-5-19-11-20(35-18(3)31)8-9-28(19,4)24(21)13-26(32)33/h16-17,19-21,24-25,27,30H,5-15H2,1-4H3,(H,32,33)/t16-,17+,19+,20+,21+,24+,25+,27-,28+,29-/m1/s1. The monoisotopic (exact) mass is 504 g/mol. The van der Waals surface area contributed by atoms with E-state index in [9.17, 15) is 19.8 Å². The topological polar surface area (TPSA) is 102 Å². The smallest absolute Gasteiger partial charge is 0.303 e. The third-order valence-electron chi connectivity index (χ3n) is 10.8. The third-order valence-corrected chi connectivity index (χ3v) is 10.8. The molecule has 0 bridgehead atoms. The first-order valence-electron chi connectivity index (χ1n) is 14.1. The number of aliphatic carboxylic acids is 1. The Morgan fingerprint density at radius 3 is 2.56 bits per heavy atom. The molecule has 7 heteroatoms. The fourth-order valence-electron chi connectivity index (χ4n) is 8.90. The van der Waals surface area contributed by atoms with Gasteiger partial charge >= 0.3 is 11.9 Å². The van der Waals surface area contributed by atoms with E-state index in [-0.39, 0.29) is 60.3 Å². The highest BCUT2D eigenvalue weighted by Crippen LogP contribution is 2.62. The summed E-state index contributed by atoms with van der Waals surface area (Å²) in [5, 5.41) is 20.6. The van der Waals surface area contributed by atoms with Crippen molar-refractivity contribution in [2.45, 2.75) is 103 Å². The lowest BCUT2D eigenvalue weighted by Gasteiger charge is -2.55. The molecule has 10 atom stereocenters. The van der Waals surface area contributed by atoms with Gasteiger partial charge in [-0.25, -0.2) is 0 Å². The van der Waals surface area contributed by atoms with Crippen molar-refractivity contribution in [3.05, 3.63) is 11.1 Å². The van der Waals surface area contributed by atoms with Crippen molar-refractivity contribution in [2.24, 2.45) is 40.9 Å². The molecule has 0 aromatic rings. The summed E-state index contributed by atoms with van der Waals surface area (Å²) in [5.74, 6) is -0.229. The molecule has 202 valence electrons. The molecule has 0 unspecified atom stereocenters. The van der Waals surface area contributed by atoms with Gasteiger partial charge in [-0.3, -0.25) is 9.59 Å². The van der Waals surface area contributed by atoms with Crippen LogP contribution in [0.15, 0.2) is 11.1 Å². The quantitative estimate of drug-likeness (QED) is 0.413. The SMILES string of the molecule is CC(=O)O[C@H]1CC[C@@]2(C)[C@@H](CC[C@@H](C3=C(CO)[C@@H]4[C@H](C3)O[C@]3(CC[C@@H](C)CO3)[C@H]4C)[C@@H]2CC(=O)O)C1. The van der Waals surface area contributed by atoms with E-state index >= 15 is 0 Å². The summed E-state index contributed by atoms with van der Waals surface area (Å²) in [7, 11) is 0. The van der Waals surface area contributed by atoms with E-state index in [1.807, 2.05) is 0 Å². The second-order valence-electron chi connectivity index (χ2n) is 12.7. The van der Waals surface area contributed by atoms with Gasteiger partial charge in [-0.2, -0.15) is 0 Å². The van der Waals surface area contributed by atoms with Gasteiger partial charge in [-0.15, -0.1) is 0 Å². The molecule has 0 aromatic heterocycles. The third kappa shape index (κ3) is 4.33. The summed E-state index contributed by atoms with van der Waals surface area (Å²) in [6.07, 6.45) is 7.19. The number of ether oxygens (including phenoxy) is 3. The zero-order valence-electron chi connectivity index (χ0n) is 22.3. The minimum absolute atomic E-state index is 0.00117. The molecule has 7 nitrogen and oxygen atoms in total. The van der Waals surface area contributed by atoms with Crippen LogP contribution in [0.3, 0.4) is 0 Å². The van der Waals surface area contributed by atoms with E-state index in [0.717, 1.165) is 56.9 Å². The normalized spacial score (nSPS) is 46.5. The second kappa shape index (κ2) is 9.70. The molecule has 1 spiro atoms. The van der Waals surface area contributed by atoms with Gasteiger partial charge in [0.2, 0.25) is 0 Å². The van der Waals surface area contributed by atoms with Gasteiger partial charge in [-0.05, 0) is 79.6 Å². The average molecular weight is 505 g/mol. The maximum Gasteiger partial charge on any atom is 0.303 e. The summed E-state index contributed by atoms with van der Waals surface area (Å²) in [5.41, 5.74) is 2.22. The Balaban J connectivity index is 1.42. The van der Waals surface area contributed by atoms with E-state index in [0.29, 0.717) is 18.4 Å². The molecular weight excluding hydrogens is 460 g/mol. The summed E-state index contributed by atoms with van der Waals surface area (Å²) in [4.78, 5) is 23.7. The van der Waals surface area contributed by atoms with Crippen LogP contribution in [0.2, 0.25) is 0 Å². The zero-order valence-corrected chi connectivity index (χ0v) is 22.3. The maximum absolute atomic E-state index is 12.1. The number of aliphatic hydroxyl groups is 1. The van der Waals surface area contributed by atoms with Crippen molar-refractivity contribution in [1.29, 1.82) is 0 Å². The molecule has 2 saturated heterocycles. The summed E-state index contributed by atoms with van der Waals surface area (Å²) >= 11 is 0. The Hall–Kier alpha value is -1.44. The molecule has 5 aliphatic rings. The van der Waals surface area contributed by atoms with Gasteiger partial charge in [0.05, 0.1) is 19.3 Å². The van der Waals surface area contributed by atoms with Crippen LogP contribution in [-0.4, -0.2) is 53.4 Å². The molecule has 2 heterocycles. The van der Waals surface area contributed by atoms with Crippen LogP contribution in [0, 0.1) is 40.9 Å². The minimum Gasteiger partial charge on any atom is -0.481 e. The summed E-state index contributed by atoms with van der Waals surface area (Å²) in [6, 6.07) is 0. The van der Waals surface area contributed by atoms with Crippen LogP contribution in [0.1, 0.15) is 85.5 Å². The van der Waals surface area contributed by atoms with Gasteiger partial charge < -0.3 is 24.4 Å². The van der Waals surface area contributed by atoms with Crippen molar-refractivity contribution in [2.75, 3.05) is 13.2 Å². The Kier molecular flexibility index (Phi) is 7.05. The van der Waals surface area contributed by atoms with Gasteiger partial charge in [0, 0.05) is 31.6 Å². The van der Waals surface area contributed by atoms with E-state index in [1.165, 1.54) is 12.5 Å². The Labute approximate surface area is 214 Å². The lowest BCUT2D eigenvalue weighted by Crippen LogP contribution is -2.49. The van der Waals surface area contributed by atoms with Gasteiger partial charge in [0.15, 0.2) is 5.79 Å². The van der Waals surface area contributed by atoms with Crippen LogP contribution >= 0.6 is 0 Å². The molecule has 3 aliphatic carbocycles. The average Bonchev–Trinajstić information content (AvgIpc) is 3.30. The molecule has 2 N–H and O–H groups in total. The van der Waals surface area contributed by atoms with Crippen molar-refractivity contribution in [3.63, 3.8) is 0 Å². The molecule has 0 amide bonds. The highest BCUT2D eigenvalue weighted by Gasteiger charge is 2.60. The number of carboxylic acids is 1. The van der Waals surface area contributed by atoms with Gasteiger partial charge in [0.25, 0.3) is 0 Å². The molecular formula is C29H44O7. The first kappa shape index (κ1) is 26.2. The van der Waals surface area contributed by atoms with E-state index in [4.69, 9.17) is 14.2 Å². The Bertz CT molecular complexity index is 903. The molecule has 2 aliphatic heterocycles. The Morgan fingerprint density at radius 1 is 1.14 bits per heavy atom. The molecule has 0 aromatic carbocycles. The summed E-state index contributed by atoms with van der Waals surface area (Å²) < 4.78 is 18.6. The second-order valence-corrected chi connectivity index (χ2v) is 12.7. The molecule has 0 radical (unpaired) electrons. The van der Waals surface area contributed by atoms with E-state index in [1.54, 1.807) is 0 Å². The van der Waals surface area contributed by atoms with Crippen molar-refractivity contribution >= 4 is 11.9 Å². The van der Waals surface area contributed by atoms with Gasteiger partial charge in [-0.1, -0.05) is 26.3 Å².